The number of rotatable bonds is 10. The number of carbonyl (C=O) groups is 1. The van der Waals surface area contributed by atoms with Gasteiger partial charge in [-0.15, -0.1) is 0 Å². The molecule has 0 amide bonds. The van der Waals surface area contributed by atoms with Gasteiger partial charge in [0.1, 0.15) is 11.5 Å². The summed E-state index contributed by atoms with van der Waals surface area (Å²) in [6, 6.07) is 5.50. The molecular weight excluding hydrogens is 270 g/mol. The Hall–Kier alpha value is -1.75. The van der Waals surface area contributed by atoms with Gasteiger partial charge in [0.05, 0.1) is 7.11 Å². The van der Waals surface area contributed by atoms with E-state index in [0.717, 1.165) is 24.9 Å². The molecule has 0 aliphatic heterocycles. The van der Waals surface area contributed by atoms with Crippen molar-refractivity contribution in [3.63, 3.8) is 0 Å². The van der Waals surface area contributed by atoms with Crippen LogP contribution in [-0.4, -0.2) is 30.8 Å². The van der Waals surface area contributed by atoms with Crippen LogP contribution in [0.15, 0.2) is 18.2 Å². The Labute approximate surface area is 126 Å². The fourth-order valence-corrected chi connectivity index (χ4v) is 1.97. The standard InChI is InChI=1S/C16H25NO4/c1-4-6-14(16(18)19)21-15-10-13(20-3)8-7-12(15)11-17-9-5-2/h7-8,10,14,17H,4-6,9,11H2,1-3H3,(H,18,19). The predicted molar refractivity (Wildman–Crippen MR) is 82.0 cm³/mol. The van der Waals surface area contributed by atoms with Gasteiger partial charge in [0.15, 0.2) is 6.10 Å². The van der Waals surface area contributed by atoms with E-state index in [1.54, 1.807) is 13.2 Å². The van der Waals surface area contributed by atoms with Gasteiger partial charge in [-0.1, -0.05) is 26.3 Å². The van der Waals surface area contributed by atoms with Crippen LogP contribution in [0.25, 0.3) is 0 Å². The molecule has 0 aromatic heterocycles. The average Bonchev–Trinajstić information content (AvgIpc) is 2.48. The molecule has 0 bridgehead atoms. The van der Waals surface area contributed by atoms with Gasteiger partial charge in [-0.25, -0.2) is 4.79 Å². The van der Waals surface area contributed by atoms with E-state index in [4.69, 9.17) is 9.47 Å². The number of benzene rings is 1. The third kappa shape index (κ3) is 5.63. The van der Waals surface area contributed by atoms with E-state index in [0.29, 0.717) is 24.5 Å². The minimum Gasteiger partial charge on any atom is -0.497 e. The Bertz CT molecular complexity index is 448. The first kappa shape index (κ1) is 17.3. The molecule has 0 heterocycles. The lowest BCUT2D eigenvalue weighted by atomic mass is 10.1. The summed E-state index contributed by atoms with van der Waals surface area (Å²) in [5.41, 5.74) is 0.937. The summed E-state index contributed by atoms with van der Waals surface area (Å²) in [4.78, 5) is 11.2. The Kier molecular flexibility index (Phi) is 7.61. The minimum absolute atomic E-state index is 0.481. The van der Waals surface area contributed by atoms with Crippen molar-refractivity contribution in [1.82, 2.24) is 5.32 Å². The van der Waals surface area contributed by atoms with E-state index in [-0.39, 0.29) is 0 Å². The summed E-state index contributed by atoms with van der Waals surface area (Å²) in [6.07, 6.45) is 1.45. The maximum Gasteiger partial charge on any atom is 0.344 e. The Morgan fingerprint density at radius 1 is 1.33 bits per heavy atom. The first-order chi connectivity index (χ1) is 10.1. The molecule has 5 nitrogen and oxygen atoms in total. The minimum atomic E-state index is -0.938. The van der Waals surface area contributed by atoms with Gasteiger partial charge < -0.3 is 19.9 Å². The van der Waals surface area contributed by atoms with E-state index in [9.17, 15) is 9.90 Å². The van der Waals surface area contributed by atoms with Gasteiger partial charge in [-0.2, -0.15) is 0 Å². The van der Waals surface area contributed by atoms with Crippen molar-refractivity contribution in [3.8, 4) is 11.5 Å². The van der Waals surface area contributed by atoms with Crippen LogP contribution < -0.4 is 14.8 Å². The number of hydrogen-bond donors (Lipinski definition) is 2. The first-order valence-corrected chi connectivity index (χ1v) is 7.39. The van der Waals surface area contributed by atoms with Crippen LogP contribution in [-0.2, 0) is 11.3 Å². The summed E-state index contributed by atoms with van der Waals surface area (Å²) in [5, 5.41) is 12.5. The van der Waals surface area contributed by atoms with Crippen molar-refractivity contribution < 1.29 is 19.4 Å². The third-order valence-electron chi connectivity index (χ3n) is 3.11. The van der Waals surface area contributed by atoms with Gasteiger partial charge in [0.25, 0.3) is 0 Å². The molecule has 0 radical (unpaired) electrons. The smallest absolute Gasteiger partial charge is 0.344 e. The second kappa shape index (κ2) is 9.23. The molecule has 0 saturated heterocycles. The van der Waals surface area contributed by atoms with Crippen LogP contribution >= 0.6 is 0 Å². The number of methoxy groups -OCH3 is 1. The topological polar surface area (TPSA) is 67.8 Å². The van der Waals surface area contributed by atoms with Crippen LogP contribution in [0.4, 0.5) is 0 Å². The molecule has 1 atom stereocenters. The highest BCUT2D eigenvalue weighted by Gasteiger charge is 2.20. The summed E-state index contributed by atoms with van der Waals surface area (Å²) >= 11 is 0. The normalized spacial score (nSPS) is 12.0. The lowest BCUT2D eigenvalue weighted by Gasteiger charge is -2.18. The largest absolute Gasteiger partial charge is 0.497 e. The van der Waals surface area contributed by atoms with E-state index in [1.807, 2.05) is 19.1 Å². The summed E-state index contributed by atoms with van der Waals surface area (Å²) < 4.78 is 10.9. The SMILES string of the molecule is CCCNCc1ccc(OC)cc1OC(CCC)C(=O)O. The Balaban J connectivity index is 2.91. The van der Waals surface area contributed by atoms with Crippen molar-refractivity contribution in [1.29, 1.82) is 0 Å². The monoisotopic (exact) mass is 295 g/mol. The number of carboxylic acid groups (broad SMARTS) is 1. The van der Waals surface area contributed by atoms with Gasteiger partial charge in [-0.05, 0) is 25.5 Å². The van der Waals surface area contributed by atoms with E-state index >= 15 is 0 Å². The van der Waals surface area contributed by atoms with Crippen LogP contribution in [0.2, 0.25) is 0 Å². The predicted octanol–water partition coefficient (Wildman–Crippen LogP) is 2.83. The van der Waals surface area contributed by atoms with Gasteiger partial charge in [0, 0.05) is 18.2 Å². The van der Waals surface area contributed by atoms with Crippen LogP contribution in [0.5, 0.6) is 11.5 Å². The molecule has 0 saturated carbocycles. The van der Waals surface area contributed by atoms with Crippen LogP contribution in [0, 0.1) is 0 Å². The van der Waals surface area contributed by atoms with Crippen LogP contribution in [0.3, 0.4) is 0 Å². The average molecular weight is 295 g/mol. The zero-order chi connectivity index (χ0) is 15.7. The third-order valence-corrected chi connectivity index (χ3v) is 3.11. The molecule has 1 aromatic rings. The zero-order valence-electron chi connectivity index (χ0n) is 13.0. The molecule has 21 heavy (non-hydrogen) atoms. The van der Waals surface area contributed by atoms with E-state index in [2.05, 4.69) is 12.2 Å². The second-order valence-corrected chi connectivity index (χ2v) is 4.88. The number of aliphatic carboxylic acids is 1. The van der Waals surface area contributed by atoms with Crippen LogP contribution in [0.1, 0.15) is 38.7 Å². The molecule has 0 spiro atoms. The van der Waals surface area contributed by atoms with Gasteiger partial charge >= 0.3 is 5.97 Å². The molecule has 0 aliphatic rings. The summed E-state index contributed by atoms with van der Waals surface area (Å²) in [5.74, 6) is 0.288. The number of hydrogen-bond acceptors (Lipinski definition) is 4. The molecule has 1 rings (SSSR count). The number of nitrogens with one attached hydrogen (secondary N) is 1. The second-order valence-electron chi connectivity index (χ2n) is 4.88. The quantitative estimate of drug-likeness (QED) is 0.650. The number of ether oxygens (including phenoxy) is 2. The molecule has 0 aliphatic carbocycles. The van der Waals surface area contributed by atoms with Crippen molar-refractivity contribution in [3.05, 3.63) is 23.8 Å². The van der Waals surface area contributed by atoms with Crippen molar-refractivity contribution in [2.75, 3.05) is 13.7 Å². The van der Waals surface area contributed by atoms with E-state index in [1.165, 1.54) is 0 Å². The molecule has 5 heteroatoms. The van der Waals surface area contributed by atoms with Gasteiger partial charge in [0.2, 0.25) is 0 Å². The molecule has 2 N–H and O–H groups in total. The Morgan fingerprint density at radius 2 is 2.10 bits per heavy atom. The van der Waals surface area contributed by atoms with E-state index < -0.39 is 12.1 Å². The molecule has 0 fully saturated rings. The highest BCUT2D eigenvalue weighted by Crippen LogP contribution is 2.26. The van der Waals surface area contributed by atoms with Crippen molar-refractivity contribution in [2.45, 2.75) is 45.8 Å². The lowest BCUT2D eigenvalue weighted by Crippen LogP contribution is -2.27. The fraction of sp³-hybridized carbons (Fsp3) is 0.562. The highest BCUT2D eigenvalue weighted by atomic mass is 16.5. The highest BCUT2D eigenvalue weighted by molar-refractivity contribution is 5.72. The van der Waals surface area contributed by atoms with Crippen molar-refractivity contribution >= 4 is 5.97 Å². The summed E-state index contributed by atoms with van der Waals surface area (Å²) in [7, 11) is 1.58. The fourth-order valence-electron chi connectivity index (χ4n) is 1.97. The molecule has 118 valence electrons. The molecule has 1 unspecified atom stereocenters. The zero-order valence-corrected chi connectivity index (χ0v) is 13.0. The molecule has 1 aromatic carbocycles. The summed E-state index contributed by atoms with van der Waals surface area (Å²) in [6.45, 7) is 5.59. The van der Waals surface area contributed by atoms with Crippen molar-refractivity contribution in [2.24, 2.45) is 0 Å². The maximum atomic E-state index is 11.2. The maximum absolute atomic E-state index is 11.2. The number of carboxylic acids is 1. The van der Waals surface area contributed by atoms with Gasteiger partial charge in [-0.3, -0.25) is 0 Å². The Morgan fingerprint density at radius 3 is 2.67 bits per heavy atom. The first-order valence-electron chi connectivity index (χ1n) is 7.39. The molecular formula is C16H25NO4. The lowest BCUT2D eigenvalue weighted by molar-refractivity contribution is -0.145.